The van der Waals surface area contributed by atoms with Gasteiger partial charge >= 0.3 is 0 Å². The number of sulfonamides is 1. The second kappa shape index (κ2) is 4.55. The van der Waals surface area contributed by atoms with Gasteiger partial charge in [0.05, 0.1) is 6.26 Å². The van der Waals surface area contributed by atoms with Crippen LogP contribution in [0, 0.1) is 0 Å². The minimum absolute atomic E-state index is 0.181. The number of nitrogens with zero attached hydrogens (tertiary/aromatic N) is 1. The third kappa shape index (κ3) is 3.32. The number of rotatable bonds is 4. The smallest absolute Gasteiger partial charge is 0.210 e. The molecule has 0 radical (unpaired) electrons. The SMILES string of the molecule is CN(CC(C)(C)c1ccccc1)S(C)(=O)=O. The Morgan fingerprint density at radius 2 is 1.69 bits per heavy atom. The minimum Gasteiger partial charge on any atom is -0.213 e. The van der Waals surface area contributed by atoms with E-state index in [2.05, 4.69) is 0 Å². The van der Waals surface area contributed by atoms with Gasteiger partial charge in [0, 0.05) is 19.0 Å². The van der Waals surface area contributed by atoms with E-state index in [0.29, 0.717) is 6.54 Å². The highest BCUT2D eigenvalue weighted by Crippen LogP contribution is 2.24. The summed E-state index contributed by atoms with van der Waals surface area (Å²) < 4.78 is 24.1. The van der Waals surface area contributed by atoms with E-state index in [0.717, 1.165) is 5.56 Å². The number of hydrogen-bond donors (Lipinski definition) is 0. The van der Waals surface area contributed by atoms with Crippen LogP contribution in [0.1, 0.15) is 19.4 Å². The first kappa shape index (κ1) is 13.2. The van der Waals surface area contributed by atoms with Gasteiger partial charge in [0.15, 0.2) is 0 Å². The highest BCUT2D eigenvalue weighted by atomic mass is 32.2. The predicted octanol–water partition coefficient (Wildman–Crippen LogP) is 1.86. The lowest BCUT2D eigenvalue weighted by atomic mass is 9.85. The molecule has 0 heterocycles. The Kier molecular flexibility index (Phi) is 3.76. The number of benzene rings is 1. The Hall–Kier alpha value is -0.870. The molecule has 0 aliphatic carbocycles. The first-order valence-corrected chi connectivity index (χ1v) is 7.05. The molecule has 0 saturated carbocycles. The van der Waals surface area contributed by atoms with E-state index in [1.54, 1.807) is 7.05 Å². The first-order valence-electron chi connectivity index (χ1n) is 5.20. The molecule has 0 saturated heterocycles. The molecular weight excluding hydrogens is 222 g/mol. The lowest BCUT2D eigenvalue weighted by Gasteiger charge is -2.29. The summed E-state index contributed by atoms with van der Waals surface area (Å²) in [7, 11) is -1.50. The van der Waals surface area contributed by atoms with Crippen LogP contribution >= 0.6 is 0 Å². The van der Waals surface area contributed by atoms with Gasteiger partial charge in [-0.15, -0.1) is 0 Å². The molecule has 16 heavy (non-hydrogen) atoms. The molecule has 1 rings (SSSR count). The van der Waals surface area contributed by atoms with Crippen molar-refractivity contribution in [3.05, 3.63) is 35.9 Å². The standard InChI is InChI=1S/C12H19NO2S/c1-12(2,10-13(3)16(4,14)15)11-8-6-5-7-9-11/h5-9H,10H2,1-4H3. The van der Waals surface area contributed by atoms with Gasteiger partial charge in [0.2, 0.25) is 10.0 Å². The minimum atomic E-state index is -3.11. The van der Waals surface area contributed by atoms with E-state index in [1.165, 1.54) is 10.6 Å². The Bertz CT molecular complexity index is 437. The molecule has 0 unspecified atom stereocenters. The van der Waals surface area contributed by atoms with Gasteiger partial charge in [-0.1, -0.05) is 44.2 Å². The van der Waals surface area contributed by atoms with Gasteiger partial charge in [-0.05, 0) is 5.56 Å². The third-order valence-corrected chi connectivity index (χ3v) is 4.00. The fourth-order valence-electron chi connectivity index (χ4n) is 1.65. The predicted molar refractivity (Wildman–Crippen MR) is 66.9 cm³/mol. The van der Waals surface area contributed by atoms with Crippen molar-refractivity contribution in [1.82, 2.24) is 4.31 Å². The normalized spacial score (nSPS) is 13.1. The summed E-state index contributed by atoms with van der Waals surface area (Å²) in [4.78, 5) is 0. The molecule has 3 nitrogen and oxygen atoms in total. The quantitative estimate of drug-likeness (QED) is 0.807. The fourth-order valence-corrected chi connectivity index (χ4v) is 2.21. The van der Waals surface area contributed by atoms with Gasteiger partial charge in [-0.25, -0.2) is 12.7 Å². The van der Waals surface area contributed by atoms with Crippen molar-refractivity contribution in [1.29, 1.82) is 0 Å². The lowest BCUT2D eigenvalue weighted by molar-refractivity contribution is 0.375. The van der Waals surface area contributed by atoms with Gasteiger partial charge in [-0.3, -0.25) is 0 Å². The van der Waals surface area contributed by atoms with Gasteiger partial charge in [0.1, 0.15) is 0 Å². The van der Waals surface area contributed by atoms with E-state index in [4.69, 9.17) is 0 Å². The van der Waals surface area contributed by atoms with Gasteiger partial charge < -0.3 is 0 Å². The molecule has 0 fully saturated rings. The van der Waals surface area contributed by atoms with Crippen molar-refractivity contribution in [2.75, 3.05) is 19.8 Å². The summed E-state index contributed by atoms with van der Waals surface area (Å²) in [6.45, 7) is 4.57. The summed E-state index contributed by atoms with van der Waals surface area (Å²) in [5, 5.41) is 0. The molecule has 0 aliphatic rings. The number of likely N-dealkylation sites (N-methyl/N-ethyl adjacent to an activating group) is 1. The van der Waals surface area contributed by atoms with Crippen molar-refractivity contribution in [3.63, 3.8) is 0 Å². The molecule has 0 aliphatic heterocycles. The first-order chi connectivity index (χ1) is 7.23. The maximum Gasteiger partial charge on any atom is 0.210 e. The number of hydrogen-bond acceptors (Lipinski definition) is 2. The van der Waals surface area contributed by atoms with Crippen LogP contribution in [0.3, 0.4) is 0 Å². The van der Waals surface area contributed by atoms with E-state index >= 15 is 0 Å². The third-order valence-electron chi connectivity index (χ3n) is 2.74. The second-order valence-corrected chi connectivity index (χ2v) is 6.86. The van der Waals surface area contributed by atoms with Crippen molar-refractivity contribution in [3.8, 4) is 0 Å². The molecule has 1 aromatic carbocycles. The second-order valence-electron chi connectivity index (χ2n) is 4.77. The van der Waals surface area contributed by atoms with Crippen LogP contribution in [0.25, 0.3) is 0 Å². The highest BCUT2D eigenvalue weighted by Gasteiger charge is 2.25. The Morgan fingerprint density at radius 3 is 2.12 bits per heavy atom. The topological polar surface area (TPSA) is 37.4 Å². The van der Waals surface area contributed by atoms with Crippen LogP contribution < -0.4 is 0 Å². The Morgan fingerprint density at radius 1 is 1.19 bits per heavy atom. The zero-order valence-corrected chi connectivity index (χ0v) is 11.1. The van der Waals surface area contributed by atoms with E-state index in [1.807, 2.05) is 44.2 Å². The summed E-state index contributed by atoms with van der Waals surface area (Å²) >= 11 is 0. The van der Waals surface area contributed by atoms with E-state index < -0.39 is 10.0 Å². The molecular formula is C12H19NO2S. The zero-order chi connectivity index (χ0) is 12.4. The van der Waals surface area contributed by atoms with Crippen molar-refractivity contribution >= 4 is 10.0 Å². The van der Waals surface area contributed by atoms with Crippen LogP contribution in [0.4, 0.5) is 0 Å². The summed E-state index contributed by atoms with van der Waals surface area (Å²) in [5.74, 6) is 0. The maximum absolute atomic E-state index is 11.4. The van der Waals surface area contributed by atoms with Gasteiger partial charge in [-0.2, -0.15) is 0 Å². The molecule has 0 amide bonds. The van der Waals surface area contributed by atoms with Gasteiger partial charge in [0.25, 0.3) is 0 Å². The van der Waals surface area contributed by atoms with Crippen LogP contribution in [-0.4, -0.2) is 32.6 Å². The van der Waals surface area contributed by atoms with Crippen LogP contribution in [-0.2, 0) is 15.4 Å². The summed E-state index contributed by atoms with van der Waals surface area (Å²) in [5.41, 5.74) is 0.963. The molecule has 90 valence electrons. The van der Waals surface area contributed by atoms with Crippen LogP contribution in [0.15, 0.2) is 30.3 Å². The van der Waals surface area contributed by atoms with Crippen LogP contribution in [0.5, 0.6) is 0 Å². The Labute approximate surface area is 98.1 Å². The van der Waals surface area contributed by atoms with Crippen molar-refractivity contribution in [2.45, 2.75) is 19.3 Å². The molecule has 0 N–H and O–H groups in total. The average Bonchev–Trinajstić information content (AvgIpc) is 2.17. The Balaban J connectivity index is 2.89. The molecule has 4 heteroatoms. The van der Waals surface area contributed by atoms with E-state index in [-0.39, 0.29) is 5.41 Å². The molecule has 0 aromatic heterocycles. The van der Waals surface area contributed by atoms with Crippen molar-refractivity contribution in [2.24, 2.45) is 0 Å². The fraction of sp³-hybridized carbons (Fsp3) is 0.500. The molecule has 1 aromatic rings. The summed E-state index contributed by atoms with van der Waals surface area (Å²) in [6, 6.07) is 9.95. The highest BCUT2D eigenvalue weighted by molar-refractivity contribution is 7.88. The van der Waals surface area contributed by atoms with Crippen LogP contribution in [0.2, 0.25) is 0 Å². The largest absolute Gasteiger partial charge is 0.213 e. The monoisotopic (exact) mass is 241 g/mol. The lowest BCUT2D eigenvalue weighted by Crippen LogP contribution is -2.37. The summed E-state index contributed by atoms with van der Waals surface area (Å²) in [6.07, 6.45) is 1.23. The molecule has 0 atom stereocenters. The maximum atomic E-state index is 11.4. The van der Waals surface area contributed by atoms with E-state index in [9.17, 15) is 8.42 Å². The molecule has 0 spiro atoms. The molecule has 0 bridgehead atoms. The zero-order valence-electron chi connectivity index (χ0n) is 10.3. The van der Waals surface area contributed by atoms with Crippen molar-refractivity contribution < 1.29 is 8.42 Å². The average molecular weight is 241 g/mol.